The molecule has 0 amide bonds. The van der Waals surface area contributed by atoms with Gasteiger partial charge in [0, 0.05) is 18.5 Å². The topological polar surface area (TPSA) is 59.5 Å². The zero-order chi connectivity index (χ0) is 15.5. The molecule has 0 aliphatic rings. The molecule has 0 aliphatic heterocycles. The molecular formula is C17H15N3O2. The van der Waals surface area contributed by atoms with E-state index in [-0.39, 0.29) is 0 Å². The average molecular weight is 293 g/mol. The zero-order valence-corrected chi connectivity index (χ0v) is 12.4. The Labute approximate surface area is 128 Å². The summed E-state index contributed by atoms with van der Waals surface area (Å²) in [5.41, 5.74) is 3.42. The summed E-state index contributed by atoms with van der Waals surface area (Å²) in [5, 5.41) is 8.90. The number of fused-ring (bicyclic) bond motifs is 1. The number of hydrogen-bond acceptors (Lipinski definition) is 4. The van der Waals surface area contributed by atoms with E-state index in [2.05, 4.69) is 11.1 Å². The Kier molecular flexibility index (Phi) is 3.67. The normalized spacial score (nSPS) is 10.4. The highest BCUT2D eigenvalue weighted by molar-refractivity contribution is 5.47. The van der Waals surface area contributed by atoms with Crippen LogP contribution < -0.4 is 9.47 Å². The van der Waals surface area contributed by atoms with Gasteiger partial charge in [0.25, 0.3) is 0 Å². The largest absolute Gasteiger partial charge is 0.493 e. The number of methoxy groups -OCH3 is 1. The standard InChI is InChI=1S/C17H15N3O2/c1-12-3-6-17-19-14(10-20(17)9-12)11-22-15-5-4-13(8-18)7-16(15)21-2/h3-7,9-10H,11H2,1-2H3. The third-order valence-electron chi connectivity index (χ3n) is 3.32. The smallest absolute Gasteiger partial charge is 0.162 e. The number of nitriles is 1. The second-order valence-electron chi connectivity index (χ2n) is 4.97. The van der Waals surface area contributed by atoms with Gasteiger partial charge in [-0.15, -0.1) is 0 Å². The second-order valence-corrected chi connectivity index (χ2v) is 4.97. The van der Waals surface area contributed by atoms with Gasteiger partial charge in [-0.05, 0) is 30.7 Å². The number of aromatic nitrogens is 2. The first-order chi connectivity index (χ1) is 10.7. The number of hydrogen-bond donors (Lipinski definition) is 0. The van der Waals surface area contributed by atoms with Crippen LogP contribution in [0.25, 0.3) is 5.65 Å². The fourth-order valence-electron chi connectivity index (χ4n) is 2.23. The van der Waals surface area contributed by atoms with E-state index >= 15 is 0 Å². The van der Waals surface area contributed by atoms with Crippen LogP contribution in [-0.4, -0.2) is 16.5 Å². The Morgan fingerprint density at radius 1 is 1.18 bits per heavy atom. The van der Waals surface area contributed by atoms with Crippen LogP contribution in [0.1, 0.15) is 16.8 Å². The first-order valence-corrected chi connectivity index (χ1v) is 6.85. The molecule has 2 heterocycles. The van der Waals surface area contributed by atoms with Crippen LogP contribution in [0, 0.1) is 18.3 Å². The number of pyridine rings is 1. The predicted molar refractivity (Wildman–Crippen MR) is 82.0 cm³/mol. The Balaban J connectivity index is 1.80. The number of nitrogens with zero attached hydrogens (tertiary/aromatic N) is 3. The molecule has 110 valence electrons. The lowest BCUT2D eigenvalue weighted by Crippen LogP contribution is -1.98. The van der Waals surface area contributed by atoms with Crippen molar-refractivity contribution in [3.05, 3.63) is 59.5 Å². The third kappa shape index (κ3) is 2.72. The van der Waals surface area contributed by atoms with Crippen molar-refractivity contribution in [3.63, 3.8) is 0 Å². The van der Waals surface area contributed by atoms with Crippen molar-refractivity contribution < 1.29 is 9.47 Å². The Bertz CT molecular complexity index is 862. The first-order valence-electron chi connectivity index (χ1n) is 6.85. The van der Waals surface area contributed by atoms with Crippen LogP contribution in [0.3, 0.4) is 0 Å². The minimum atomic E-state index is 0.336. The second kappa shape index (κ2) is 5.78. The summed E-state index contributed by atoms with van der Waals surface area (Å²) in [6, 6.07) is 11.2. The molecule has 0 saturated carbocycles. The summed E-state index contributed by atoms with van der Waals surface area (Å²) in [6.45, 7) is 2.38. The van der Waals surface area contributed by atoms with Crippen LogP contribution in [0.15, 0.2) is 42.7 Å². The van der Waals surface area contributed by atoms with Crippen LogP contribution in [-0.2, 0) is 6.61 Å². The molecule has 1 aromatic carbocycles. The molecule has 0 saturated heterocycles. The maximum absolute atomic E-state index is 8.90. The summed E-state index contributed by atoms with van der Waals surface area (Å²) in [4.78, 5) is 4.50. The monoisotopic (exact) mass is 293 g/mol. The molecule has 3 rings (SSSR count). The van der Waals surface area contributed by atoms with E-state index in [1.165, 1.54) is 5.56 Å². The van der Waals surface area contributed by atoms with Crippen molar-refractivity contribution in [3.8, 4) is 17.6 Å². The summed E-state index contributed by atoms with van der Waals surface area (Å²) in [6.07, 6.45) is 3.96. The molecule has 5 heteroatoms. The van der Waals surface area contributed by atoms with Gasteiger partial charge >= 0.3 is 0 Å². The summed E-state index contributed by atoms with van der Waals surface area (Å²) >= 11 is 0. The van der Waals surface area contributed by atoms with Gasteiger partial charge in [0.2, 0.25) is 0 Å². The number of imidazole rings is 1. The van der Waals surface area contributed by atoms with Gasteiger partial charge in [-0.2, -0.15) is 5.26 Å². The maximum atomic E-state index is 8.90. The minimum absolute atomic E-state index is 0.336. The van der Waals surface area contributed by atoms with E-state index < -0.39 is 0 Å². The van der Waals surface area contributed by atoms with Crippen LogP contribution >= 0.6 is 0 Å². The number of rotatable bonds is 4. The third-order valence-corrected chi connectivity index (χ3v) is 3.32. The lowest BCUT2D eigenvalue weighted by molar-refractivity contribution is 0.281. The fraction of sp³-hybridized carbons (Fsp3) is 0.176. The molecule has 0 N–H and O–H groups in total. The fourth-order valence-corrected chi connectivity index (χ4v) is 2.23. The molecule has 2 aromatic heterocycles. The van der Waals surface area contributed by atoms with Crippen LogP contribution in [0.4, 0.5) is 0 Å². The van der Waals surface area contributed by atoms with E-state index in [0.29, 0.717) is 23.7 Å². The molecule has 0 aliphatic carbocycles. The van der Waals surface area contributed by atoms with E-state index in [0.717, 1.165) is 11.3 Å². The highest BCUT2D eigenvalue weighted by Crippen LogP contribution is 2.28. The molecule has 0 spiro atoms. The average Bonchev–Trinajstić information content (AvgIpc) is 2.94. The van der Waals surface area contributed by atoms with Crippen molar-refractivity contribution in [2.45, 2.75) is 13.5 Å². The van der Waals surface area contributed by atoms with Crippen molar-refractivity contribution in [1.29, 1.82) is 5.26 Å². The van der Waals surface area contributed by atoms with Crippen molar-refractivity contribution in [2.75, 3.05) is 7.11 Å². The van der Waals surface area contributed by atoms with Crippen molar-refractivity contribution in [1.82, 2.24) is 9.38 Å². The number of aryl methyl sites for hydroxylation is 1. The van der Waals surface area contributed by atoms with E-state index in [1.54, 1.807) is 25.3 Å². The molecule has 0 atom stereocenters. The van der Waals surface area contributed by atoms with Gasteiger partial charge in [-0.25, -0.2) is 4.98 Å². The molecule has 3 aromatic rings. The Morgan fingerprint density at radius 2 is 2.05 bits per heavy atom. The molecule has 0 radical (unpaired) electrons. The van der Waals surface area contributed by atoms with Gasteiger partial charge < -0.3 is 13.9 Å². The van der Waals surface area contributed by atoms with Crippen LogP contribution in [0.5, 0.6) is 11.5 Å². The zero-order valence-electron chi connectivity index (χ0n) is 12.4. The summed E-state index contributed by atoms with van der Waals surface area (Å²) in [7, 11) is 1.55. The van der Waals surface area contributed by atoms with E-state index in [1.807, 2.05) is 35.9 Å². The predicted octanol–water partition coefficient (Wildman–Crippen LogP) is 3.10. The molecule has 0 bridgehead atoms. The van der Waals surface area contributed by atoms with Gasteiger partial charge in [0.1, 0.15) is 12.3 Å². The Morgan fingerprint density at radius 3 is 2.82 bits per heavy atom. The van der Waals surface area contributed by atoms with Crippen LogP contribution in [0.2, 0.25) is 0 Å². The van der Waals surface area contributed by atoms with Gasteiger partial charge in [-0.1, -0.05) is 6.07 Å². The van der Waals surface area contributed by atoms with E-state index in [4.69, 9.17) is 14.7 Å². The van der Waals surface area contributed by atoms with Crippen molar-refractivity contribution >= 4 is 5.65 Å². The van der Waals surface area contributed by atoms with Gasteiger partial charge in [0.15, 0.2) is 11.5 Å². The van der Waals surface area contributed by atoms with Gasteiger partial charge in [-0.3, -0.25) is 0 Å². The minimum Gasteiger partial charge on any atom is -0.493 e. The maximum Gasteiger partial charge on any atom is 0.162 e. The molecule has 0 unspecified atom stereocenters. The summed E-state index contributed by atoms with van der Waals surface area (Å²) in [5.74, 6) is 1.13. The molecular weight excluding hydrogens is 278 g/mol. The van der Waals surface area contributed by atoms with Crippen molar-refractivity contribution in [2.24, 2.45) is 0 Å². The lowest BCUT2D eigenvalue weighted by atomic mass is 10.2. The molecule has 0 fully saturated rings. The highest BCUT2D eigenvalue weighted by atomic mass is 16.5. The summed E-state index contributed by atoms with van der Waals surface area (Å²) < 4.78 is 13.0. The highest BCUT2D eigenvalue weighted by Gasteiger charge is 2.08. The van der Waals surface area contributed by atoms with Gasteiger partial charge in [0.05, 0.1) is 24.4 Å². The number of ether oxygens (including phenoxy) is 2. The van der Waals surface area contributed by atoms with E-state index in [9.17, 15) is 0 Å². The Hall–Kier alpha value is -3.00. The lowest BCUT2D eigenvalue weighted by Gasteiger charge is -2.09. The SMILES string of the molecule is COc1cc(C#N)ccc1OCc1cn2cc(C)ccc2n1. The quantitative estimate of drug-likeness (QED) is 0.741. The molecule has 22 heavy (non-hydrogen) atoms. The molecule has 5 nitrogen and oxygen atoms in total. The first kappa shape index (κ1) is 14.0. The number of benzene rings is 1.